The Morgan fingerprint density at radius 2 is 1.88 bits per heavy atom. The molecule has 0 radical (unpaired) electrons. The number of nitrogens with zero attached hydrogens (tertiary/aromatic N) is 2. The predicted molar refractivity (Wildman–Crippen MR) is 151 cm³/mol. The minimum atomic E-state index is -4.05. The van der Waals surface area contributed by atoms with Crippen LogP contribution in [0.2, 0.25) is 0 Å². The summed E-state index contributed by atoms with van der Waals surface area (Å²) in [6.45, 7) is 1.25. The van der Waals surface area contributed by atoms with Crippen molar-refractivity contribution in [3.05, 3.63) is 72.0 Å². The number of hydrogen-bond acceptors (Lipinski definition) is 6. The fourth-order valence-corrected chi connectivity index (χ4v) is 7.33. The van der Waals surface area contributed by atoms with Gasteiger partial charge < -0.3 is 19.5 Å². The van der Waals surface area contributed by atoms with E-state index in [2.05, 4.69) is 9.64 Å². The number of ether oxygens (including phenoxy) is 2. The minimum absolute atomic E-state index is 0.0503. The fourth-order valence-electron chi connectivity index (χ4n) is 5.71. The fraction of sp³-hybridized carbons (Fsp3) is 0.367. The van der Waals surface area contributed by atoms with Crippen LogP contribution in [0.25, 0.3) is 11.1 Å². The summed E-state index contributed by atoms with van der Waals surface area (Å²) in [7, 11) is -4.05. The second-order valence-corrected chi connectivity index (χ2v) is 12.7. The monoisotopic (exact) mass is 604 g/mol. The van der Waals surface area contributed by atoms with Crippen molar-refractivity contribution in [3.63, 3.8) is 0 Å². The number of hydrogen-bond donors (Lipinski definition) is 1. The molecule has 2 aliphatic rings. The Balaban J connectivity index is 1.57. The van der Waals surface area contributed by atoms with Crippen LogP contribution in [0.5, 0.6) is 5.75 Å². The molecule has 12 heteroatoms. The molecule has 0 aromatic heterocycles. The molecule has 0 aliphatic carbocycles. The van der Waals surface area contributed by atoms with E-state index in [1.54, 1.807) is 43.3 Å². The van der Waals surface area contributed by atoms with Crippen molar-refractivity contribution in [1.29, 1.82) is 0 Å². The quantitative estimate of drug-likeness (QED) is 0.328. The van der Waals surface area contributed by atoms with E-state index in [0.717, 1.165) is 11.6 Å². The molecular formula is C30H31F3N2O6S. The lowest BCUT2D eigenvalue weighted by molar-refractivity contribution is -0.140. The van der Waals surface area contributed by atoms with Crippen LogP contribution < -0.4 is 13.9 Å². The van der Waals surface area contributed by atoms with Gasteiger partial charge in [-0.25, -0.2) is 12.8 Å². The third-order valence-electron chi connectivity index (χ3n) is 7.69. The summed E-state index contributed by atoms with van der Waals surface area (Å²) in [5.41, 5.74) is 1.83. The molecular weight excluding hydrogens is 573 g/mol. The van der Waals surface area contributed by atoms with Gasteiger partial charge in [-0.2, -0.15) is 8.78 Å². The number of sulfonamides is 1. The highest BCUT2D eigenvalue weighted by Gasteiger charge is 2.44. The van der Waals surface area contributed by atoms with Gasteiger partial charge in [0.2, 0.25) is 0 Å². The molecule has 2 heterocycles. The molecule has 0 amide bonds. The first kappa shape index (κ1) is 29.7. The maximum Gasteiger partial charge on any atom is 0.387 e. The molecule has 224 valence electrons. The van der Waals surface area contributed by atoms with E-state index in [1.807, 2.05) is 6.92 Å². The molecule has 0 bridgehead atoms. The van der Waals surface area contributed by atoms with E-state index in [0.29, 0.717) is 36.3 Å². The Bertz CT molecular complexity index is 1600. The molecule has 2 aliphatic heterocycles. The average molecular weight is 605 g/mol. The van der Waals surface area contributed by atoms with Crippen LogP contribution in [0, 0.1) is 12.7 Å². The summed E-state index contributed by atoms with van der Waals surface area (Å²) in [5.74, 6) is -2.08. The lowest BCUT2D eigenvalue weighted by Gasteiger charge is -2.51. The first-order valence-corrected chi connectivity index (χ1v) is 14.9. The van der Waals surface area contributed by atoms with E-state index in [1.165, 1.54) is 22.5 Å². The number of aryl methyl sites for hydroxylation is 1. The zero-order valence-corrected chi connectivity index (χ0v) is 23.9. The second-order valence-electron chi connectivity index (χ2n) is 10.9. The molecule has 42 heavy (non-hydrogen) atoms. The maximum absolute atomic E-state index is 14.4. The van der Waals surface area contributed by atoms with Crippen LogP contribution in [0.4, 0.5) is 24.5 Å². The number of aliphatic carboxylic acids is 1. The highest BCUT2D eigenvalue weighted by atomic mass is 32.2. The molecule has 1 saturated heterocycles. The number of piperidine rings is 1. The van der Waals surface area contributed by atoms with Crippen LogP contribution in [0.3, 0.4) is 0 Å². The molecule has 0 saturated carbocycles. The molecule has 1 fully saturated rings. The molecule has 5 rings (SSSR count). The zero-order chi connectivity index (χ0) is 30.2. The van der Waals surface area contributed by atoms with Crippen LogP contribution in [0.15, 0.2) is 65.6 Å². The van der Waals surface area contributed by atoms with E-state index < -0.39 is 34.0 Å². The Morgan fingerprint density at radius 3 is 2.60 bits per heavy atom. The average Bonchev–Trinajstić information content (AvgIpc) is 2.91. The van der Waals surface area contributed by atoms with Gasteiger partial charge in [0, 0.05) is 12.6 Å². The standard InChI is InChI=1S/C30H31F3N2O6S/c1-19-4-3-5-25(12-19)42(38,39)35-18-23-17-30(2,40-11-8-28(36)37)9-10-34(23)26-7-6-20(15-27(26)35)21-13-22(31)16-24(14-21)41-29(32)33/h3-7,12-16,23,29H,8-11,17-18H2,1-2H3,(H,36,37)/t23-,30-/m0/s1. The van der Waals surface area contributed by atoms with Crippen molar-refractivity contribution < 1.29 is 41.0 Å². The number of carbonyl (C=O) groups is 1. The van der Waals surface area contributed by atoms with E-state index in [-0.39, 0.29) is 41.8 Å². The Labute approximate surface area is 242 Å². The number of anilines is 2. The van der Waals surface area contributed by atoms with Crippen molar-refractivity contribution in [2.45, 2.75) is 56.3 Å². The van der Waals surface area contributed by atoms with Crippen molar-refractivity contribution in [3.8, 4) is 16.9 Å². The zero-order valence-electron chi connectivity index (χ0n) is 23.1. The van der Waals surface area contributed by atoms with E-state index in [4.69, 9.17) is 9.84 Å². The normalized spacial score (nSPS) is 20.3. The summed E-state index contributed by atoms with van der Waals surface area (Å²) in [5, 5.41) is 9.03. The Kier molecular flexibility index (Phi) is 8.13. The second kappa shape index (κ2) is 11.5. The molecule has 0 spiro atoms. The number of rotatable bonds is 9. The topological polar surface area (TPSA) is 96.4 Å². The molecule has 2 atom stereocenters. The van der Waals surface area contributed by atoms with Crippen LogP contribution in [-0.2, 0) is 19.6 Å². The van der Waals surface area contributed by atoms with E-state index >= 15 is 0 Å². The summed E-state index contributed by atoms with van der Waals surface area (Å²) >= 11 is 0. The van der Waals surface area contributed by atoms with Crippen molar-refractivity contribution in [2.75, 3.05) is 28.9 Å². The number of alkyl halides is 2. The highest BCUT2D eigenvalue weighted by molar-refractivity contribution is 7.92. The maximum atomic E-state index is 14.4. The molecule has 3 aromatic rings. The van der Waals surface area contributed by atoms with Crippen molar-refractivity contribution in [1.82, 2.24) is 0 Å². The smallest absolute Gasteiger partial charge is 0.387 e. The largest absolute Gasteiger partial charge is 0.481 e. The number of halogens is 3. The van der Waals surface area contributed by atoms with Gasteiger partial charge in [0.1, 0.15) is 11.6 Å². The minimum Gasteiger partial charge on any atom is -0.481 e. The highest BCUT2D eigenvalue weighted by Crippen LogP contribution is 2.45. The van der Waals surface area contributed by atoms with Gasteiger partial charge in [-0.05, 0) is 79.8 Å². The number of carboxylic acid groups (broad SMARTS) is 1. The van der Waals surface area contributed by atoms with Crippen LogP contribution >= 0.6 is 0 Å². The van der Waals surface area contributed by atoms with Gasteiger partial charge in [-0.1, -0.05) is 18.2 Å². The Hall–Kier alpha value is -3.77. The molecule has 8 nitrogen and oxygen atoms in total. The summed E-state index contributed by atoms with van der Waals surface area (Å²) in [6.07, 6.45) is 0.923. The molecule has 0 unspecified atom stereocenters. The predicted octanol–water partition coefficient (Wildman–Crippen LogP) is 5.83. The van der Waals surface area contributed by atoms with E-state index in [9.17, 15) is 26.4 Å². The number of fused-ring (bicyclic) bond motifs is 3. The van der Waals surface area contributed by atoms with Crippen LogP contribution in [-0.4, -0.2) is 57.4 Å². The van der Waals surface area contributed by atoms with Gasteiger partial charge >= 0.3 is 12.6 Å². The summed E-state index contributed by atoms with van der Waals surface area (Å²) in [4.78, 5) is 13.2. The van der Waals surface area contributed by atoms with Crippen molar-refractivity contribution >= 4 is 27.4 Å². The number of benzene rings is 3. The van der Waals surface area contributed by atoms with Gasteiger partial charge in [0.25, 0.3) is 10.0 Å². The Morgan fingerprint density at radius 1 is 1.10 bits per heavy atom. The molecule has 1 N–H and O–H groups in total. The lowest BCUT2D eigenvalue weighted by atomic mass is 9.85. The SMILES string of the molecule is Cc1cccc(S(=O)(=O)N2C[C@@H]3C[C@@](C)(OCCC(=O)O)CCN3c3ccc(-c4cc(F)cc(OC(F)F)c4)cc32)c1. The summed E-state index contributed by atoms with van der Waals surface area (Å²) < 4.78 is 80.0. The van der Waals surface area contributed by atoms with Gasteiger partial charge in [0.05, 0.1) is 47.5 Å². The molecule has 3 aromatic carbocycles. The number of carboxylic acids is 1. The van der Waals surface area contributed by atoms with Gasteiger partial charge in [-0.15, -0.1) is 0 Å². The van der Waals surface area contributed by atoms with Gasteiger partial charge in [0.15, 0.2) is 0 Å². The van der Waals surface area contributed by atoms with Gasteiger partial charge in [-0.3, -0.25) is 9.10 Å². The first-order chi connectivity index (χ1) is 19.8. The third kappa shape index (κ3) is 6.19. The first-order valence-electron chi connectivity index (χ1n) is 13.5. The summed E-state index contributed by atoms with van der Waals surface area (Å²) in [6, 6.07) is 14.7. The lowest BCUT2D eigenvalue weighted by Crippen LogP contribution is -2.58. The van der Waals surface area contributed by atoms with Crippen LogP contribution in [0.1, 0.15) is 31.7 Å². The third-order valence-corrected chi connectivity index (χ3v) is 9.47. The van der Waals surface area contributed by atoms with Crippen molar-refractivity contribution in [2.24, 2.45) is 0 Å².